The van der Waals surface area contributed by atoms with Crippen molar-refractivity contribution in [3.8, 4) is 5.75 Å². The van der Waals surface area contributed by atoms with E-state index in [0.717, 1.165) is 11.3 Å². The van der Waals surface area contributed by atoms with Crippen LogP contribution in [0.4, 0.5) is 0 Å². The number of hydrogen-bond donors (Lipinski definition) is 1. The maximum absolute atomic E-state index is 12.0. The van der Waals surface area contributed by atoms with E-state index >= 15 is 0 Å². The molecule has 0 fully saturated rings. The Balaban J connectivity index is 2.04. The lowest BCUT2D eigenvalue weighted by Gasteiger charge is -2.08. The Labute approximate surface area is 112 Å². The van der Waals surface area contributed by atoms with Gasteiger partial charge in [0.15, 0.2) is 0 Å². The molecule has 0 aliphatic heterocycles. The van der Waals surface area contributed by atoms with E-state index in [2.05, 4.69) is 10.3 Å². The van der Waals surface area contributed by atoms with E-state index in [1.54, 1.807) is 25.4 Å². The van der Waals surface area contributed by atoms with Gasteiger partial charge in [0, 0.05) is 11.8 Å². The number of rotatable bonds is 4. The number of pyridine rings is 1. The number of nitrogens with zero attached hydrogens (tertiary/aromatic N) is 1. The Morgan fingerprint density at radius 2 is 2.16 bits per heavy atom. The van der Waals surface area contributed by atoms with Gasteiger partial charge < -0.3 is 10.1 Å². The molecule has 0 aliphatic rings. The van der Waals surface area contributed by atoms with Crippen molar-refractivity contribution in [2.45, 2.75) is 13.5 Å². The molecule has 0 saturated heterocycles. The van der Waals surface area contributed by atoms with E-state index in [0.29, 0.717) is 17.9 Å². The number of ether oxygens (including phenoxy) is 1. The minimum atomic E-state index is -0.135. The monoisotopic (exact) mass is 256 g/mol. The fourth-order valence-electron chi connectivity index (χ4n) is 1.74. The molecule has 0 bridgehead atoms. The summed E-state index contributed by atoms with van der Waals surface area (Å²) in [7, 11) is 1.60. The minimum absolute atomic E-state index is 0.135. The summed E-state index contributed by atoms with van der Waals surface area (Å²) in [5.41, 5.74) is 2.41. The van der Waals surface area contributed by atoms with E-state index in [9.17, 15) is 4.79 Å². The van der Waals surface area contributed by atoms with Crippen molar-refractivity contribution in [2.24, 2.45) is 0 Å². The lowest BCUT2D eigenvalue weighted by Crippen LogP contribution is -2.23. The average molecular weight is 256 g/mol. The zero-order valence-corrected chi connectivity index (χ0v) is 11.0. The summed E-state index contributed by atoms with van der Waals surface area (Å²) in [5, 5.41) is 2.83. The Kier molecular flexibility index (Phi) is 4.13. The van der Waals surface area contributed by atoms with E-state index in [-0.39, 0.29) is 5.91 Å². The fraction of sp³-hybridized carbons (Fsp3) is 0.200. The molecule has 0 atom stereocenters. The first kappa shape index (κ1) is 13.1. The molecule has 0 unspecified atom stereocenters. The second-order valence-electron chi connectivity index (χ2n) is 4.19. The SMILES string of the molecule is COc1cc(C(=O)NCc2ccccn2)ccc1C. The third-order valence-electron chi connectivity index (χ3n) is 2.83. The lowest BCUT2D eigenvalue weighted by molar-refractivity contribution is 0.0950. The van der Waals surface area contributed by atoms with E-state index in [1.165, 1.54) is 0 Å². The summed E-state index contributed by atoms with van der Waals surface area (Å²) >= 11 is 0. The van der Waals surface area contributed by atoms with Crippen LogP contribution in [0.3, 0.4) is 0 Å². The van der Waals surface area contributed by atoms with Gasteiger partial charge in [0.1, 0.15) is 5.75 Å². The van der Waals surface area contributed by atoms with Crippen molar-refractivity contribution in [2.75, 3.05) is 7.11 Å². The number of carbonyl (C=O) groups excluding carboxylic acids is 1. The number of aromatic nitrogens is 1. The topological polar surface area (TPSA) is 51.2 Å². The van der Waals surface area contributed by atoms with Gasteiger partial charge in [-0.1, -0.05) is 12.1 Å². The molecule has 1 heterocycles. The zero-order valence-electron chi connectivity index (χ0n) is 11.0. The van der Waals surface area contributed by atoms with Gasteiger partial charge in [-0.15, -0.1) is 0 Å². The van der Waals surface area contributed by atoms with Gasteiger partial charge in [-0.05, 0) is 36.8 Å². The number of carbonyl (C=O) groups is 1. The van der Waals surface area contributed by atoms with Gasteiger partial charge in [0.05, 0.1) is 19.3 Å². The van der Waals surface area contributed by atoms with Gasteiger partial charge in [-0.2, -0.15) is 0 Å². The highest BCUT2D eigenvalue weighted by molar-refractivity contribution is 5.94. The van der Waals surface area contributed by atoms with Crippen LogP contribution >= 0.6 is 0 Å². The van der Waals surface area contributed by atoms with Gasteiger partial charge in [0.25, 0.3) is 5.91 Å². The van der Waals surface area contributed by atoms with Gasteiger partial charge in [0.2, 0.25) is 0 Å². The first-order chi connectivity index (χ1) is 9.20. The number of amides is 1. The van der Waals surface area contributed by atoms with Crippen molar-refractivity contribution in [1.82, 2.24) is 10.3 Å². The van der Waals surface area contributed by atoms with Crippen LogP contribution in [-0.2, 0) is 6.54 Å². The van der Waals surface area contributed by atoms with Crippen LogP contribution in [0.1, 0.15) is 21.6 Å². The second kappa shape index (κ2) is 6.00. The summed E-state index contributed by atoms with van der Waals surface area (Å²) in [4.78, 5) is 16.2. The van der Waals surface area contributed by atoms with Crippen LogP contribution in [0.5, 0.6) is 5.75 Å². The summed E-state index contributed by atoms with van der Waals surface area (Å²) < 4.78 is 5.21. The van der Waals surface area contributed by atoms with Gasteiger partial charge in [-0.25, -0.2) is 0 Å². The van der Waals surface area contributed by atoms with Crippen molar-refractivity contribution < 1.29 is 9.53 Å². The quantitative estimate of drug-likeness (QED) is 0.913. The van der Waals surface area contributed by atoms with Crippen molar-refractivity contribution in [3.05, 3.63) is 59.4 Å². The van der Waals surface area contributed by atoms with Crippen LogP contribution in [0.15, 0.2) is 42.6 Å². The lowest BCUT2D eigenvalue weighted by atomic mass is 10.1. The first-order valence-corrected chi connectivity index (χ1v) is 6.03. The predicted molar refractivity (Wildman–Crippen MR) is 73.1 cm³/mol. The summed E-state index contributed by atoms with van der Waals surface area (Å²) in [6, 6.07) is 11.0. The molecular formula is C15H16N2O2. The molecule has 0 spiro atoms. The third-order valence-corrected chi connectivity index (χ3v) is 2.83. The van der Waals surface area contributed by atoms with Crippen molar-refractivity contribution in [3.63, 3.8) is 0 Å². The van der Waals surface area contributed by atoms with Crippen LogP contribution in [0.25, 0.3) is 0 Å². The molecule has 19 heavy (non-hydrogen) atoms. The molecule has 0 saturated carbocycles. The average Bonchev–Trinajstić information content (AvgIpc) is 2.46. The first-order valence-electron chi connectivity index (χ1n) is 6.03. The molecule has 0 radical (unpaired) electrons. The highest BCUT2D eigenvalue weighted by Gasteiger charge is 2.08. The normalized spacial score (nSPS) is 10.0. The zero-order chi connectivity index (χ0) is 13.7. The standard InChI is InChI=1S/C15H16N2O2/c1-11-6-7-12(9-14(11)19-2)15(18)17-10-13-5-3-4-8-16-13/h3-9H,10H2,1-2H3,(H,17,18). The molecule has 98 valence electrons. The third kappa shape index (κ3) is 3.31. The Bertz CT molecular complexity index is 568. The molecule has 1 aromatic carbocycles. The molecule has 0 aliphatic carbocycles. The summed E-state index contributed by atoms with van der Waals surface area (Å²) in [6.45, 7) is 2.35. The summed E-state index contributed by atoms with van der Waals surface area (Å²) in [6.07, 6.45) is 1.70. The molecule has 1 aromatic heterocycles. The maximum atomic E-state index is 12.0. The van der Waals surface area contributed by atoms with Gasteiger partial charge in [-0.3, -0.25) is 9.78 Å². The van der Waals surface area contributed by atoms with E-state index in [1.807, 2.05) is 31.2 Å². The Morgan fingerprint density at radius 1 is 1.32 bits per heavy atom. The largest absolute Gasteiger partial charge is 0.496 e. The molecule has 2 aromatic rings. The minimum Gasteiger partial charge on any atom is -0.496 e. The van der Waals surface area contributed by atoms with Crippen molar-refractivity contribution in [1.29, 1.82) is 0 Å². The van der Waals surface area contributed by atoms with Crippen LogP contribution in [-0.4, -0.2) is 18.0 Å². The number of hydrogen-bond acceptors (Lipinski definition) is 3. The van der Waals surface area contributed by atoms with E-state index in [4.69, 9.17) is 4.74 Å². The van der Waals surface area contributed by atoms with Gasteiger partial charge >= 0.3 is 0 Å². The smallest absolute Gasteiger partial charge is 0.251 e. The molecule has 1 amide bonds. The van der Waals surface area contributed by atoms with E-state index < -0.39 is 0 Å². The Morgan fingerprint density at radius 3 is 2.84 bits per heavy atom. The highest BCUT2D eigenvalue weighted by Crippen LogP contribution is 2.18. The second-order valence-corrected chi connectivity index (χ2v) is 4.19. The van der Waals surface area contributed by atoms with Crippen LogP contribution < -0.4 is 10.1 Å². The molecule has 2 rings (SSSR count). The van der Waals surface area contributed by atoms with Crippen LogP contribution in [0.2, 0.25) is 0 Å². The Hall–Kier alpha value is -2.36. The highest BCUT2D eigenvalue weighted by atomic mass is 16.5. The summed E-state index contributed by atoms with van der Waals surface area (Å²) in [5.74, 6) is 0.578. The predicted octanol–water partition coefficient (Wildman–Crippen LogP) is 2.33. The molecule has 4 nitrogen and oxygen atoms in total. The number of methoxy groups -OCH3 is 1. The number of benzene rings is 1. The number of aryl methyl sites for hydroxylation is 1. The fourth-order valence-corrected chi connectivity index (χ4v) is 1.74. The van der Waals surface area contributed by atoms with Crippen molar-refractivity contribution >= 4 is 5.91 Å². The molecular weight excluding hydrogens is 240 g/mol. The molecule has 4 heteroatoms. The van der Waals surface area contributed by atoms with Crippen LogP contribution in [0, 0.1) is 6.92 Å². The number of nitrogens with one attached hydrogen (secondary N) is 1. The molecule has 1 N–H and O–H groups in total. The maximum Gasteiger partial charge on any atom is 0.251 e.